The molecule has 2 aromatic rings. The minimum absolute atomic E-state index is 0.0390. The summed E-state index contributed by atoms with van der Waals surface area (Å²) in [6.45, 7) is 1.26. The third-order valence-corrected chi connectivity index (χ3v) is 4.84. The van der Waals surface area contributed by atoms with Gasteiger partial charge in [0.25, 0.3) is 5.91 Å². The van der Waals surface area contributed by atoms with Gasteiger partial charge in [-0.3, -0.25) is 9.59 Å². The molecule has 0 spiro atoms. The normalized spacial score (nSPS) is 13.4. The zero-order chi connectivity index (χ0) is 18.7. The number of rotatable bonds is 4. The molecule has 1 aliphatic rings. The average Bonchev–Trinajstić information content (AvgIpc) is 2.77. The van der Waals surface area contributed by atoms with E-state index in [0.29, 0.717) is 22.1 Å². The molecule has 7 heteroatoms. The molecule has 0 saturated heterocycles. The van der Waals surface area contributed by atoms with E-state index in [-0.39, 0.29) is 5.76 Å². The standard InChI is InChI=1S/C19H17NO5S/c1-11(21)25-17-18(12-4-6-13(23-2)7-5-12)26-16-10-14(24-3)8-9-15(16)20-19(17)22/h4-10H,1-3H3,(H,20,22). The second kappa shape index (κ2) is 7.53. The highest BCUT2D eigenvalue weighted by molar-refractivity contribution is 8.08. The van der Waals surface area contributed by atoms with Crippen LogP contribution in [0.5, 0.6) is 11.5 Å². The fraction of sp³-hybridized carbons (Fsp3) is 0.158. The third kappa shape index (κ3) is 3.67. The van der Waals surface area contributed by atoms with Gasteiger partial charge in [0.05, 0.1) is 24.8 Å². The number of anilines is 1. The number of fused-ring (bicyclic) bond motifs is 1. The SMILES string of the molecule is COc1ccc(C2=C(OC(C)=O)C(=O)Nc3ccc(OC)cc3S2)cc1. The van der Waals surface area contributed by atoms with Crippen LogP contribution < -0.4 is 14.8 Å². The Morgan fingerprint density at radius 2 is 1.65 bits per heavy atom. The fourth-order valence-electron chi connectivity index (χ4n) is 2.42. The zero-order valence-corrected chi connectivity index (χ0v) is 15.3. The van der Waals surface area contributed by atoms with E-state index in [2.05, 4.69) is 5.32 Å². The lowest BCUT2D eigenvalue weighted by atomic mass is 10.2. The number of amides is 1. The molecule has 1 N–H and O–H groups in total. The molecule has 0 fully saturated rings. The molecule has 134 valence electrons. The molecular weight excluding hydrogens is 354 g/mol. The van der Waals surface area contributed by atoms with Gasteiger partial charge >= 0.3 is 5.97 Å². The molecule has 0 atom stereocenters. The Hall–Kier alpha value is -2.93. The minimum Gasteiger partial charge on any atom is -0.497 e. The first kappa shape index (κ1) is 17.9. The van der Waals surface area contributed by atoms with Crippen molar-refractivity contribution in [2.24, 2.45) is 0 Å². The van der Waals surface area contributed by atoms with E-state index in [1.54, 1.807) is 38.5 Å². The Morgan fingerprint density at radius 3 is 2.27 bits per heavy atom. The van der Waals surface area contributed by atoms with Gasteiger partial charge in [-0.1, -0.05) is 23.9 Å². The number of benzene rings is 2. The highest BCUT2D eigenvalue weighted by Crippen LogP contribution is 2.44. The van der Waals surface area contributed by atoms with Crippen LogP contribution in [-0.2, 0) is 14.3 Å². The number of esters is 1. The van der Waals surface area contributed by atoms with Crippen LogP contribution in [0, 0.1) is 0 Å². The molecule has 0 radical (unpaired) electrons. The van der Waals surface area contributed by atoms with Crippen LogP contribution in [0.3, 0.4) is 0 Å². The highest BCUT2D eigenvalue weighted by Gasteiger charge is 2.27. The maximum Gasteiger partial charge on any atom is 0.308 e. The molecule has 0 aliphatic carbocycles. The van der Waals surface area contributed by atoms with Crippen molar-refractivity contribution in [3.05, 3.63) is 53.8 Å². The maximum absolute atomic E-state index is 12.7. The van der Waals surface area contributed by atoms with Crippen molar-refractivity contribution in [2.75, 3.05) is 19.5 Å². The lowest BCUT2D eigenvalue weighted by molar-refractivity contribution is -0.139. The van der Waals surface area contributed by atoms with Crippen LogP contribution in [-0.4, -0.2) is 26.1 Å². The third-order valence-electron chi connectivity index (χ3n) is 3.66. The Morgan fingerprint density at radius 1 is 1.00 bits per heavy atom. The molecule has 0 unspecified atom stereocenters. The van der Waals surface area contributed by atoms with Crippen LogP contribution in [0.4, 0.5) is 5.69 Å². The van der Waals surface area contributed by atoms with Gasteiger partial charge in [-0.2, -0.15) is 0 Å². The molecule has 26 heavy (non-hydrogen) atoms. The summed E-state index contributed by atoms with van der Waals surface area (Å²) in [5.41, 5.74) is 1.35. The summed E-state index contributed by atoms with van der Waals surface area (Å²) >= 11 is 1.33. The number of thioether (sulfide) groups is 1. The molecule has 1 amide bonds. The smallest absolute Gasteiger partial charge is 0.308 e. The first-order chi connectivity index (χ1) is 12.5. The van der Waals surface area contributed by atoms with Gasteiger partial charge < -0.3 is 19.5 Å². The Labute approximate surface area is 155 Å². The molecular formula is C19H17NO5S. The highest BCUT2D eigenvalue weighted by atomic mass is 32.2. The predicted octanol–water partition coefficient (Wildman–Crippen LogP) is 3.68. The largest absolute Gasteiger partial charge is 0.497 e. The van der Waals surface area contributed by atoms with Crippen LogP contribution in [0.25, 0.3) is 4.91 Å². The summed E-state index contributed by atoms with van der Waals surface area (Å²) < 4.78 is 15.7. The van der Waals surface area contributed by atoms with Crippen molar-refractivity contribution in [1.29, 1.82) is 0 Å². The predicted molar refractivity (Wildman–Crippen MR) is 99.2 cm³/mol. The number of ether oxygens (including phenoxy) is 3. The zero-order valence-electron chi connectivity index (χ0n) is 14.5. The molecule has 6 nitrogen and oxygen atoms in total. The molecule has 1 aliphatic heterocycles. The first-order valence-corrected chi connectivity index (χ1v) is 8.58. The van der Waals surface area contributed by atoms with E-state index in [4.69, 9.17) is 14.2 Å². The van der Waals surface area contributed by atoms with Crippen LogP contribution in [0.15, 0.2) is 53.1 Å². The molecule has 3 rings (SSSR count). The van der Waals surface area contributed by atoms with E-state index < -0.39 is 11.9 Å². The number of hydrogen-bond donors (Lipinski definition) is 1. The molecule has 1 heterocycles. The summed E-state index contributed by atoms with van der Waals surface area (Å²) in [5, 5.41) is 2.78. The van der Waals surface area contributed by atoms with Gasteiger partial charge in [0, 0.05) is 11.8 Å². The van der Waals surface area contributed by atoms with Crippen LogP contribution >= 0.6 is 11.8 Å². The molecule has 0 saturated carbocycles. The van der Waals surface area contributed by atoms with Crippen molar-refractivity contribution < 1.29 is 23.8 Å². The van der Waals surface area contributed by atoms with Gasteiger partial charge in [-0.05, 0) is 35.9 Å². The van der Waals surface area contributed by atoms with Gasteiger partial charge in [0.15, 0.2) is 0 Å². The second-order valence-electron chi connectivity index (χ2n) is 5.40. The van der Waals surface area contributed by atoms with Crippen molar-refractivity contribution in [2.45, 2.75) is 11.8 Å². The summed E-state index contributed by atoms with van der Waals surface area (Å²) in [4.78, 5) is 25.5. The van der Waals surface area contributed by atoms with E-state index in [1.165, 1.54) is 18.7 Å². The average molecular weight is 371 g/mol. The van der Waals surface area contributed by atoms with Gasteiger partial charge in [-0.25, -0.2) is 0 Å². The topological polar surface area (TPSA) is 73.9 Å². The number of hydrogen-bond acceptors (Lipinski definition) is 6. The van der Waals surface area contributed by atoms with Crippen molar-refractivity contribution >= 4 is 34.2 Å². The summed E-state index contributed by atoms with van der Waals surface area (Å²) in [5.74, 6) is 0.264. The van der Waals surface area contributed by atoms with Gasteiger partial charge in [0.2, 0.25) is 5.76 Å². The van der Waals surface area contributed by atoms with E-state index >= 15 is 0 Å². The molecule has 2 aromatic carbocycles. The number of carbonyl (C=O) groups is 2. The fourth-order valence-corrected chi connectivity index (χ4v) is 3.53. The number of methoxy groups -OCH3 is 2. The number of carbonyl (C=O) groups excluding carboxylic acids is 2. The van der Waals surface area contributed by atoms with Crippen LogP contribution in [0.1, 0.15) is 12.5 Å². The lowest BCUT2D eigenvalue weighted by Gasteiger charge is -2.11. The number of nitrogens with one attached hydrogen (secondary N) is 1. The first-order valence-electron chi connectivity index (χ1n) is 7.76. The molecule has 0 bridgehead atoms. The Balaban J connectivity index is 2.13. The quantitative estimate of drug-likeness (QED) is 0.827. The van der Waals surface area contributed by atoms with Crippen LogP contribution in [0.2, 0.25) is 0 Å². The van der Waals surface area contributed by atoms with Crippen molar-refractivity contribution in [3.8, 4) is 11.5 Å². The Kier molecular flexibility index (Phi) is 5.18. The Bertz CT molecular complexity index is 889. The summed E-state index contributed by atoms with van der Waals surface area (Å²) in [7, 11) is 3.15. The van der Waals surface area contributed by atoms with Crippen molar-refractivity contribution in [3.63, 3.8) is 0 Å². The summed E-state index contributed by atoms with van der Waals surface area (Å²) in [6, 6.07) is 12.5. The maximum atomic E-state index is 12.7. The second-order valence-corrected chi connectivity index (χ2v) is 6.45. The van der Waals surface area contributed by atoms with E-state index in [1.807, 2.05) is 18.2 Å². The van der Waals surface area contributed by atoms with Gasteiger partial charge in [-0.15, -0.1) is 0 Å². The van der Waals surface area contributed by atoms with Gasteiger partial charge in [0.1, 0.15) is 11.5 Å². The van der Waals surface area contributed by atoms with Crippen molar-refractivity contribution in [1.82, 2.24) is 0 Å². The molecule has 0 aromatic heterocycles. The summed E-state index contributed by atoms with van der Waals surface area (Å²) in [6.07, 6.45) is 0. The minimum atomic E-state index is -0.565. The lowest BCUT2D eigenvalue weighted by Crippen LogP contribution is -2.18. The van der Waals surface area contributed by atoms with E-state index in [9.17, 15) is 9.59 Å². The monoisotopic (exact) mass is 371 g/mol. The van der Waals surface area contributed by atoms with E-state index in [0.717, 1.165) is 10.5 Å².